The molecule has 0 fully saturated rings. The second kappa shape index (κ2) is 5.66. The zero-order valence-electron chi connectivity index (χ0n) is 11.8. The molecule has 0 bridgehead atoms. The third kappa shape index (κ3) is 3.02. The molecule has 0 aliphatic carbocycles. The summed E-state index contributed by atoms with van der Waals surface area (Å²) in [6, 6.07) is 4.31. The number of aromatic carboxylic acids is 1. The van der Waals surface area contributed by atoms with E-state index >= 15 is 0 Å². The summed E-state index contributed by atoms with van der Waals surface area (Å²) in [4.78, 5) is 23.5. The smallest absolute Gasteiger partial charge is 0.337 e. The molecule has 0 saturated heterocycles. The van der Waals surface area contributed by atoms with Crippen molar-refractivity contribution in [2.45, 2.75) is 13.3 Å². The van der Waals surface area contributed by atoms with Crippen LogP contribution in [0.25, 0.3) is 0 Å². The fourth-order valence-electron chi connectivity index (χ4n) is 2.02. The summed E-state index contributed by atoms with van der Waals surface area (Å²) in [5.74, 6) is -1.55. The standard InChI is InChI=1S/C14H16N4O3/c1-3-11-10(7-18(2)17-11)13(19)16-12-5-4-8(15)6-9(12)14(20)21/h4-7H,3,15H2,1-2H3,(H,16,19)(H,20,21). The Labute approximate surface area is 121 Å². The number of rotatable bonds is 4. The van der Waals surface area contributed by atoms with Gasteiger partial charge < -0.3 is 16.2 Å². The molecule has 0 aliphatic rings. The van der Waals surface area contributed by atoms with Crippen LogP contribution in [0.5, 0.6) is 0 Å². The number of benzene rings is 1. The summed E-state index contributed by atoms with van der Waals surface area (Å²) in [6.07, 6.45) is 2.21. The number of carbonyl (C=O) groups is 2. The normalized spacial score (nSPS) is 10.4. The van der Waals surface area contributed by atoms with Crippen LogP contribution in [-0.2, 0) is 13.5 Å². The Morgan fingerprint density at radius 2 is 2.10 bits per heavy atom. The van der Waals surface area contributed by atoms with Gasteiger partial charge in [0.1, 0.15) is 0 Å². The molecule has 0 unspecified atom stereocenters. The van der Waals surface area contributed by atoms with E-state index in [4.69, 9.17) is 10.8 Å². The first-order valence-electron chi connectivity index (χ1n) is 6.39. The van der Waals surface area contributed by atoms with Crippen LogP contribution in [0.4, 0.5) is 11.4 Å². The van der Waals surface area contributed by atoms with Gasteiger partial charge in [0.2, 0.25) is 0 Å². The van der Waals surface area contributed by atoms with E-state index in [-0.39, 0.29) is 11.3 Å². The van der Waals surface area contributed by atoms with E-state index in [0.717, 1.165) is 0 Å². The summed E-state index contributed by atoms with van der Waals surface area (Å²) < 4.78 is 1.55. The molecule has 1 aromatic carbocycles. The molecule has 21 heavy (non-hydrogen) atoms. The summed E-state index contributed by atoms with van der Waals surface area (Å²) in [6.45, 7) is 1.89. The van der Waals surface area contributed by atoms with Crippen molar-refractivity contribution in [3.63, 3.8) is 0 Å². The molecule has 0 spiro atoms. The van der Waals surface area contributed by atoms with Gasteiger partial charge in [-0.2, -0.15) is 5.10 Å². The van der Waals surface area contributed by atoms with Gasteiger partial charge in [0.15, 0.2) is 0 Å². The third-order valence-corrected chi connectivity index (χ3v) is 3.01. The van der Waals surface area contributed by atoms with Crippen molar-refractivity contribution >= 4 is 23.3 Å². The predicted molar refractivity (Wildman–Crippen MR) is 78.4 cm³/mol. The summed E-state index contributed by atoms with van der Waals surface area (Å²) >= 11 is 0. The van der Waals surface area contributed by atoms with Gasteiger partial charge in [0, 0.05) is 18.9 Å². The number of nitrogens with one attached hydrogen (secondary N) is 1. The number of carbonyl (C=O) groups excluding carboxylic acids is 1. The van der Waals surface area contributed by atoms with E-state index in [0.29, 0.717) is 23.4 Å². The largest absolute Gasteiger partial charge is 0.478 e. The highest BCUT2D eigenvalue weighted by Crippen LogP contribution is 2.20. The van der Waals surface area contributed by atoms with Gasteiger partial charge in [-0.15, -0.1) is 0 Å². The molecule has 1 heterocycles. The minimum atomic E-state index is -1.15. The Morgan fingerprint density at radius 3 is 2.71 bits per heavy atom. The van der Waals surface area contributed by atoms with Crippen LogP contribution in [0, 0.1) is 0 Å². The molecule has 0 atom stereocenters. The van der Waals surface area contributed by atoms with Crippen LogP contribution in [0.1, 0.15) is 33.3 Å². The minimum Gasteiger partial charge on any atom is -0.478 e. The second-order valence-corrected chi connectivity index (χ2v) is 4.58. The quantitative estimate of drug-likeness (QED) is 0.739. The summed E-state index contributed by atoms with van der Waals surface area (Å²) in [5.41, 5.74) is 7.12. The molecule has 7 heteroatoms. The van der Waals surface area contributed by atoms with Crippen LogP contribution in [0.2, 0.25) is 0 Å². The monoisotopic (exact) mass is 288 g/mol. The average molecular weight is 288 g/mol. The maximum Gasteiger partial charge on any atom is 0.337 e. The van der Waals surface area contributed by atoms with Crippen LogP contribution in [0.3, 0.4) is 0 Å². The Bertz CT molecular complexity index is 706. The zero-order valence-corrected chi connectivity index (χ0v) is 11.8. The van der Waals surface area contributed by atoms with Crippen molar-refractivity contribution in [3.05, 3.63) is 41.2 Å². The predicted octanol–water partition coefficient (Wildman–Crippen LogP) is 1.52. The number of aromatic nitrogens is 2. The lowest BCUT2D eigenvalue weighted by molar-refractivity contribution is 0.0698. The number of hydrogen-bond donors (Lipinski definition) is 3. The molecule has 2 aromatic rings. The molecule has 0 aliphatic heterocycles. The van der Waals surface area contributed by atoms with Crippen LogP contribution in [0.15, 0.2) is 24.4 Å². The number of nitrogens with zero attached hydrogens (tertiary/aromatic N) is 2. The number of carboxylic acid groups (broad SMARTS) is 1. The van der Waals surface area contributed by atoms with E-state index in [2.05, 4.69) is 10.4 Å². The molecule has 110 valence electrons. The molecule has 2 rings (SSSR count). The number of nitrogens with two attached hydrogens (primary N) is 1. The summed E-state index contributed by atoms with van der Waals surface area (Å²) in [7, 11) is 1.72. The van der Waals surface area contributed by atoms with Crippen molar-refractivity contribution in [1.82, 2.24) is 9.78 Å². The lowest BCUT2D eigenvalue weighted by Crippen LogP contribution is -2.16. The van der Waals surface area contributed by atoms with E-state index in [1.165, 1.54) is 18.2 Å². The molecule has 7 nitrogen and oxygen atoms in total. The maximum absolute atomic E-state index is 12.3. The van der Waals surface area contributed by atoms with Gasteiger partial charge >= 0.3 is 5.97 Å². The Balaban J connectivity index is 2.33. The van der Waals surface area contributed by atoms with E-state index in [9.17, 15) is 9.59 Å². The van der Waals surface area contributed by atoms with Crippen molar-refractivity contribution < 1.29 is 14.7 Å². The molecule has 0 saturated carbocycles. The minimum absolute atomic E-state index is 0.0507. The fourth-order valence-corrected chi connectivity index (χ4v) is 2.02. The molecular weight excluding hydrogens is 272 g/mol. The highest BCUT2D eigenvalue weighted by atomic mass is 16.4. The van der Waals surface area contributed by atoms with Gasteiger partial charge in [-0.1, -0.05) is 6.92 Å². The van der Waals surface area contributed by atoms with Crippen molar-refractivity contribution in [2.24, 2.45) is 7.05 Å². The summed E-state index contributed by atoms with van der Waals surface area (Å²) in [5, 5.41) is 15.9. The average Bonchev–Trinajstić information content (AvgIpc) is 2.81. The number of amides is 1. The van der Waals surface area contributed by atoms with E-state index in [1.807, 2.05) is 6.92 Å². The molecular formula is C14H16N4O3. The Hall–Kier alpha value is -2.83. The Kier molecular flexibility index (Phi) is 3.93. The number of anilines is 2. The van der Waals surface area contributed by atoms with Gasteiger partial charge in [0.05, 0.1) is 22.5 Å². The topological polar surface area (TPSA) is 110 Å². The molecule has 1 amide bonds. The lowest BCUT2D eigenvalue weighted by atomic mass is 10.1. The lowest BCUT2D eigenvalue weighted by Gasteiger charge is -2.09. The fraction of sp³-hybridized carbons (Fsp3) is 0.214. The third-order valence-electron chi connectivity index (χ3n) is 3.01. The first kappa shape index (κ1) is 14.6. The molecule has 4 N–H and O–H groups in total. The van der Waals surface area contributed by atoms with Crippen LogP contribution < -0.4 is 11.1 Å². The van der Waals surface area contributed by atoms with Gasteiger partial charge in [-0.05, 0) is 24.6 Å². The highest BCUT2D eigenvalue weighted by Gasteiger charge is 2.17. The van der Waals surface area contributed by atoms with Crippen molar-refractivity contribution in [3.8, 4) is 0 Å². The number of hydrogen-bond acceptors (Lipinski definition) is 4. The number of aryl methyl sites for hydroxylation is 2. The number of nitrogen functional groups attached to an aromatic ring is 1. The molecule has 1 aromatic heterocycles. The van der Waals surface area contributed by atoms with Crippen molar-refractivity contribution in [2.75, 3.05) is 11.1 Å². The van der Waals surface area contributed by atoms with Gasteiger partial charge in [-0.25, -0.2) is 4.79 Å². The molecule has 0 radical (unpaired) electrons. The Morgan fingerprint density at radius 1 is 1.38 bits per heavy atom. The van der Waals surface area contributed by atoms with Crippen LogP contribution >= 0.6 is 0 Å². The first-order valence-corrected chi connectivity index (χ1v) is 6.39. The SMILES string of the molecule is CCc1nn(C)cc1C(=O)Nc1ccc(N)cc1C(=O)O. The zero-order chi connectivity index (χ0) is 15.6. The highest BCUT2D eigenvalue weighted by molar-refractivity contribution is 6.08. The van der Waals surface area contributed by atoms with E-state index < -0.39 is 11.9 Å². The maximum atomic E-state index is 12.3. The number of carboxylic acids is 1. The van der Waals surface area contributed by atoms with Gasteiger partial charge in [0.25, 0.3) is 5.91 Å². The second-order valence-electron chi connectivity index (χ2n) is 4.58. The first-order chi connectivity index (χ1) is 9.92. The van der Waals surface area contributed by atoms with E-state index in [1.54, 1.807) is 17.9 Å². The van der Waals surface area contributed by atoms with Gasteiger partial charge in [-0.3, -0.25) is 9.48 Å². The van der Waals surface area contributed by atoms with Crippen LogP contribution in [-0.4, -0.2) is 26.8 Å². The van der Waals surface area contributed by atoms with Crippen molar-refractivity contribution in [1.29, 1.82) is 0 Å².